The van der Waals surface area contributed by atoms with Crippen LogP contribution in [0.15, 0.2) is 36.7 Å². The Labute approximate surface area is 123 Å². The first-order valence-corrected chi connectivity index (χ1v) is 6.90. The fraction of sp³-hybridized carbons (Fsp3) is 0.333. The van der Waals surface area contributed by atoms with Crippen molar-refractivity contribution >= 4 is 17.3 Å². The lowest BCUT2D eigenvalue weighted by atomic mass is 10.1. The van der Waals surface area contributed by atoms with E-state index in [1.165, 1.54) is 0 Å². The average molecular weight is 288 g/mol. The molecule has 2 aromatic rings. The van der Waals surface area contributed by atoms with Crippen molar-refractivity contribution in [1.29, 1.82) is 0 Å². The van der Waals surface area contributed by atoms with Gasteiger partial charge in [-0.1, -0.05) is 0 Å². The largest absolute Gasteiger partial charge is 0.462 e. The predicted octanol–water partition coefficient (Wildman–Crippen LogP) is 2.14. The van der Waals surface area contributed by atoms with Crippen molar-refractivity contribution in [2.45, 2.75) is 26.4 Å². The Morgan fingerprint density at radius 2 is 2.33 bits per heavy atom. The Bertz CT molecular complexity index is 596. The van der Waals surface area contributed by atoms with Gasteiger partial charge in [0, 0.05) is 29.8 Å². The van der Waals surface area contributed by atoms with Crippen LogP contribution in [0.25, 0.3) is 0 Å². The summed E-state index contributed by atoms with van der Waals surface area (Å²) in [4.78, 5) is 12.0. The molecule has 1 unspecified atom stereocenters. The van der Waals surface area contributed by atoms with Crippen LogP contribution in [0.5, 0.6) is 0 Å². The Kier molecular flexibility index (Phi) is 4.81. The topological polar surface area (TPSA) is 82.2 Å². The maximum Gasteiger partial charge on any atom is 0.340 e. The molecule has 0 aliphatic heterocycles. The van der Waals surface area contributed by atoms with Gasteiger partial charge in [0.1, 0.15) is 0 Å². The van der Waals surface area contributed by atoms with E-state index in [4.69, 9.17) is 10.5 Å². The summed E-state index contributed by atoms with van der Waals surface area (Å²) in [5, 5.41) is 7.46. The summed E-state index contributed by atoms with van der Waals surface area (Å²) in [7, 11) is 0. The van der Waals surface area contributed by atoms with Crippen LogP contribution in [0.1, 0.15) is 24.2 Å². The van der Waals surface area contributed by atoms with Gasteiger partial charge < -0.3 is 15.8 Å². The Hall–Kier alpha value is -2.50. The van der Waals surface area contributed by atoms with E-state index in [-0.39, 0.29) is 12.0 Å². The van der Waals surface area contributed by atoms with Crippen LogP contribution in [0.2, 0.25) is 0 Å². The summed E-state index contributed by atoms with van der Waals surface area (Å²) < 4.78 is 6.89. The number of carbonyl (C=O) groups excluding carboxylic acids is 1. The minimum absolute atomic E-state index is 0.0988. The quantitative estimate of drug-likeness (QED) is 0.628. The van der Waals surface area contributed by atoms with Crippen LogP contribution in [0.4, 0.5) is 11.4 Å². The Morgan fingerprint density at radius 1 is 1.52 bits per heavy atom. The minimum atomic E-state index is -0.376. The van der Waals surface area contributed by atoms with Crippen LogP contribution in [-0.4, -0.2) is 28.4 Å². The summed E-state index contributed by atoms with van der Waals surface area (Å²) in [6, 6.07) is 7.15. The third-order valence-electron chi connectivity index (χ3n) is 2.96. The molecule has 6 nitrogen and oxygen atoms in total. The molecule has 6 heteroatoms. The van der Waals surface area contributed by atoms with Crippen molar-refractivity contribution < 1.29 is 9.53 Å². The van der Waals surface area contributed by atoms with Crippen LogP contribution in [0, 0.1) is 0 Å². The van der Waals surface area contributed by atoms with E-state index >= 15 is 0 Å². The number of esters is 1. The van der Waals surface area contributed by atoms with Crippen molar-refractivity contribution in [3.05, 3.63) is 42.2 Å². The molecule has 0 bridgehead atoms. The van der Waals surface area contributed by atoms with Crippen molar-refractivity contribution in [1.82, 2.24) is 9.78 Å². The zero-order valence-electron chi connectivity index (χ0n) is 12.2. The molecule has 0 saturated heterocycles. The zero-order chi connectivity index (χ0) is 15.2. The molecule has 0 spiro atoms. The summed E-state index contributed by atoms with van der Waals surface area (Å²) in [6.07, 6.45) is 3.63. The molecular weight excluding hydrogens is 268 g/mol. The molecule has 3 N–H and O–H groups in total. The molecule has 0 amide bonds. The lowest BCUT2D eigenvalue weighted by molar-refractivity contribution is 0.0527. The summed E-state index contributed by atoms with van der Waals surface area (Å²) in [5.41, 5.74) is 7.44. The van der Waals surface area contributed by atoms with E-state index < -0.39 is 0 Å². The molecule has 0 radical (unpaired) electrons. The van der Waals surface area contributed by atoms with Gasteiger partial charge in [0.05, 0.1) is 18.7 Å². The molecule has 0 saturated carbocycles. The Balaban J connectivity index is 2.13. The minimum Gasteiger partial charge on any atom is -0.462 e. The zero-order valence-corrected chi connectivity index (χ0v) is 12.2. The summed E-state index contributed by atoms with van der Waals surface area (Å²) in [5.74, 6) is -0.376. The number of aromatic nitrogens is 2. The van der Waals surface area contributed by atoms with Gasteiger partial charge in [0.25, 0.3) is 0 Å². The van der Waals surface area contributed by atoms with E-state index in [1.807, 2.05) is 23.9 Å². The first-order chi connectivity index (χ1) is 10.1. The molecule has 1 aromatic carbocycles. The number of carbonyl (C=O) groups is 1. The van der Waals surface area contributed by atoms with E-state index in [0.717, 1.165) is 0 Å². The molecule has 21 heavy (non-hydrogen) atoms. The number of nitrogens with zero attached hydrogens (tertiary/aromatic N) is 2. The second kappa shape index (κ2) is 6.78. The second-order valence-electron chi connectivity index (χ2n) is 4.80. The van der Waals surface area contributed by atoms with Gasteiger partial charge in [-0.3, -0.25) is 4.68 Å². The van der Waals surface area contributed by atoms with Gasteiger partial charge in [-0.25, -0.2) is 4.79 Å². The SMILES string of the molecule is CCOC(=O)c1cc(N)ccc1NC(C)Cn1cccn1. The van der Waals surface area contributed by atoms with Crippen molar-refractivity contribution in [3.8, 4) is 0 Å². The van der Waals surface area contributed by atoms with Crippen LogP contribution < -0.4 is 11.1 Å². The number of ether oxygens (including phenoxy) is 1. The van der Waals surface area contributed by atoms with Gasteiger partial charge in [0.15, 0.2) is 0 Å². The lowest BCUT2D eigenvalue weighted by Gasteiger charge is -2.18. The predicted molar refractivity (Wildman–Crippen MR) is 82.1 cm³/mol. The van der Waals surface area contributed by atoms with E-state index in [0.29, 0.717) is 30.1 Å². The summed E-state index contributed by atoms with van der Waals surface area (Å²) >= 11 is 0. The van der Waals surface area contributed by atoms with E-state index in [1.54, 1.807) is 31.3 Å². The molecule has 112 valence electrons. The molecule has 1 atom stereocenters. The molecular formula is C15H20N4O2. The lowest BCUT2D eigenvalue weighted by Crippen LogP contribution is -2.23. The third kappa shape index (κ3) is 3.98. The highest BCUT2D eigenvalue weighted by atomic mass is 16.5. The van der Waals surface area contributed by atoms with Crippen LogP contribution in [0.3, 0.4) is 0 Å². The monoisotopic (exact) mass is 288 g/mol. The van der Waals surface area contributed by atoms with Gasteiger partial charge in [-0.2, -0.15) is 5.10 Å². The maximum atomic E-state index is 12.0. The van der Waals surface area contributed by atoms with Crippen molar-refractivity contribution in [2.24, 2.45) is 0 Å². The summed E-state index contributed by atoms with van der Waals surface area (Å²) in [6.45, 7) is 4.82. The number of rotatable bonds is 6. The second-order valence-corrected chi connectivity index (χ2v) is 4.80. The molecule has 1 aromatic heterocycles. The van der Waals surface area contributed by atoms with Crippen molar-refractivity contribution in [2.75, 3.05) is 17.7 Å². The van der Waals surface area contributed by atoms with Gasteiger partial charge in [0.2, 0.25) is 0 Å². The average Bonchev–Trinajstić information content (AvgIpc) is 2.93. The van der Waals surface area contributed by atoms with Crippen LogP contribution >= 0.6 is 0 Å². The van der Waals surface area contributed by atoms with Crippen molar-refractivity contribution in [3.63, 3.8) is 0 Å². The highest BCUT2D eigenvalue weighted by Gasteiger charge is 2.15. The maximum absolute atomic E-state index is 12.0. The number of nitrogens with two attached hydrogens (primary N) is 1. The first-order valence-electron chi connectivity index (χ1n) is 6.90. The standard InChI is InChI=1S/C15H20N4O2/c1-3-21-15(20)13-9-12(16)5-6-14(13)18-11(2)10-19-8-4-7-17-19/h4-9,11,18H,3,10,16H2,1-2H3. The smallest absolute Gasteiger partial charge is 0.340 e. The van der Waals surface area contributed by atoms with Gasteiger partial charge in [-0.05, 0) is 38.1 Å². The van der Waals surface area contributed by atoms with E-state index in [9.17, 15) is 4.79 Å². The fourth-order valence-corrected chi connectivity index (χ4v) is 2.07. The normalized spacial score (nSPS) is 11.9. The molecule has 0 aliphatic rings. The number of hydrogen-bond donors (Lipinski definition) is 2. The molecule has 1 heterocycles. The Morgan fingerprint density at radius 3 is 3.00 bits per heavy atom. The molecule has 0 fully saturated rings. The highest BCUT2D eigenvalue weighted by molar-refractivity contribution is 5.96. The fourth-order valence-electron chi connectivity index (χ4n) is 2.07. The number of hydrogen-bond acceptors (Lipinski definition) is 5. The van der Waals surface area contributed by atoms with Gasteiger partial charge >= 0.3 is 5.97 Å². The highest BCUT2D eigenvalue weighted by Crippen LogP contribution is 2.21. The van der Waals surface area contributed by atoms with E-state index in [2.05, 4.69) is 10.4 Å². The van der Waals surface area contributed by atoms with Gasteiger partial charge in [-0.15, -0.1) is 0 Å². The number of nitrogens with one attached hydrogen (secondary N) is 1. The van der Waals surface area contributed by atoms with Crippen LogP contribution in [-0.2, 0) is 11.3 Å². The molecule has 2 rings (SSSR count). The first kappa shape index (κ1) is 14.9. The molecule has 0 aliphatic carbocycles. The third-order valence-corrected chi connectivity index (χ3v) is 2.96. The number of benzene rings is 1. The number of nitrogen functional groups attached to an aromatic ring is 1. The number of anilines is 2.